The smallest absolute Gasteiger partial charge is 0.340 e. The van der Waals surface area contributed by atoms with Gasteiger partial charge in [-0.2, -0.15) is 11.8 Å². The van der Waals surface area contributed by atoms with Gasteiger partial charge in [-0.05, 0) is 68.7 Å². The number of carbonyl (C=O) groups excluding carboxylic acids is 1. The topological polar surface area (TPSA) is 48.0 Å². The van der Waals surface area contributed by atoms with Gasteiger partial charge in [-0.15, -0.1) is 0 Å². The van der Waals surface area contributed by atoms with Gasteiger partial charge in [0.2, 0.25) is 0 Å². The maximum Gasteiger partial charge on any atom is 0.340 e. The molecule has 188 valence electrons. The van der Waals surface area contributed by atoms with E-state index in [0.717, 1.165) is 69.7 Å². The van der Waals surface area contributed by atoms with Crippen molar-refractivity contribution in [2.24, 2.45) is 0 Å². The molecule has 1 aromatic carbocycles. The van der Waals surface area contributed by atoms with Crippen LogP contribution in [0.4, 0.5) is 0 Å². The number of unbranched alkanes of at least 4 members (excludes halogenated alkanes) is 1. The SMILES string of the molecule is CO[Si](C)(OC)C(C)(C)CCCSCCCCC(=O)OC1CCCN(Cc2ccccc2)C1. The predicted octanol–water partition coefficient (Wildman–Crippen LogP) is 6.02. The van der Waals surface area contributed by atoms with Gasteiger partial charge in [0, 0.05) is 38.8 Å². The van der Waals surface area contributed by atoms with Crippen LogP contribution >= 0.6 is 11.8 Å². The van der Waals surface area contributed by atoms with Gasteiger partial charge in [-0.3, -0.25) is 9.69 Å². The molecule has 33 heavy (non-hydrogen) atoms. The summed E-state index contributed by atoms with van der Waals surface area (Å²) < 4.78 is 17.3. The highest BCUT2D eigenvalue weighted by atomic mass is 32.2. The fourth-order valence-corrected chi connectivity index (χ4v) is 7.26. The molecule has 1 saturated heterocycles. The van der Waals surface area contributed by atoms with E-state index in [4.69, 9.17) is 13.6 Å². The fourth-order valence-electron chi connectivity index (χ4n) is 4.39. The van der Waals surface area contributed by atoms with Gasteiger partial charge in [-0.25, -0.2) is 0 Å². The van der Waals surface area contributed by atoms with Crippen LogP contribution in [-0.2, 0) is 24.9 Å². The minimum atomic E-state index is -2.13. The number of thioether (sulfide) groups is 1. The second-order valence-corrected chi connectivity index (χ2v) is 15.2. The lowest BCUT2D eigenvalue weighted by atomic mass is 10.1. The Hall–Kier alpha value is -0.863. The van der Waals surface area contributed by atoms with Crippen molar-refractivity contribution in [2.45, 2.75) is 83.0 Å². The lowest BCUT2D eigenvalue weighted by Crippen LogP contribution is -2.47. The van der Waals surface area contributed by atoms with Crippen molar-refractivity contribution in [1.29, 1.82) is 0 Å². The molecular formula is C26H45NO4SSi. The number of piperidine rings is 1. The third kappa shape index (κ3) is 9.72. The van der Waals surface area contributed by atoms with E-state index in [2.05, 4.69) is 49.6 Å². The van der Waals surface area contributed by atoms with Crippen molar-refractivity contribution in [3.8, 4) is 0 Å². The maximum atomic E-state index is 12.3. The van der Waals surface area contributed by atoms with E-state index in [1.165, 1.54) is 5.56 Å². The minimum absolute atomic E-state index is 0.0308. The van der Waals surface area contributed by atoms with Gasteiger partial charge >= 0.3 is 14.5 Å². The normalized spacial score (nSPS) is 17.8. The first-order valence-corrected chi connectivity index (χ1v) is 15.9. The molecule has 7 heteroatoms. The molecule has 1 atom stereocenters. The Morgan fingerprint density at radius 1 is 1.12 bits per heavy atom. The van der Waals surface area contributed by atoms with E-state index >= 15 is 0 Å². The van der Waals surface area contributed by atoms with Gasteiger partial charge < -0.3 is 13.6 Å². The van der Waals surface area contributed by atoms with Gasteiger partial charge in [0.15, 0.2) is 0 Å². The van der Waals surface area contributed by atoms with E-state index in [1.54, 1.807) is 14.2 Å². The van der Waals surface area contributed by atoms with Gasteiger partial charge in [0.25, 0.3) is 0 Å². The van der Waals surface area contributed by atoms with E-state index in [-0.39, 0.29) is 17.1 Å². The molecule has 0 aromatic heterocycles. The van der Waals surface area contributed by atoms with Crippen LogP contribution in [0.15, 0.2) is 30.3 Å². The second kappa shape index (κ2) is 14.5. The second-order valence-electron chi connectivity index (χ2n) is 9.89. The molecule has 0 spiro atoms. The minimum Gasteiger partial charge on any atom is -0.461 e. The van der Waals surface area contributed by atoms with Crippen LogP contribution < -0.4 is 0 Å². The fraction of sp³-hybridized carbons (Fsp3) is 0.731. The number of hydrogen-bond acceptors (Lipinski definition) is 6. The van der Waals surface area contributed by atoms with E-state index < -0.39 is 8.56 Å². The van der Waals surface area contributed by atoms with Crippen molar-refractivity contribution in [2.75, 3.05) is 38.8 Å². The van der Waals surface area contributed by atoms with Gasteiger partial charge in [0.05, 0.1) is 0 Å². The highest BCUT2D eigenvalue weighted by molar-refractivity contribution is 7.99. The Bertz CT molecular complexity index is 684. The standard InChI is InChI=1S/C26H45NO4SSi/c1-26(2,33(5,29-3)30-4)17-12-20-32-19-10-9-16-25(28)31-24-15-11-18-27(22-24)21-23-13-7-6-8-14-23/h6-8,13-14,24H,9-12,15-22H2,1-5H3. The summed E-state index contributed by atoms with van der Waals surface area (Å²) in [5, 5.41) is 0.0939. The molecule has 0 N–H and O–H groups in total. The highest BCUT2D eigenvalue weighted by Gasteiger charge is 2.45. The maximum absolute atomic E-state index is 12.3. The van der Waals surface area contributed by atoms with Crippen LogP contribution in [0, 0.1) is 0 Å². The zero-order valence-corrected chi connectivity index (χ0v) is 23.3. The summed E-state index contributed by atoms with van der Waals surface area (Å²) in [6.45, 7) is 9.52. The van der Waals surface area contributed by atoms with Crippen LogP contribution in [0.3, 0.4) is 0 Å². The van der Waals surface area contributed by atoms with Crippen LogP contribution in [0.1, 0.15) is 64.4 Å². The van der Waals surface area contributed by atoms with E-state index in [9.17, 15) is 4.79 Å². The summed E-state index contributed by atoms with van der Waals surface area (Å²) in [6, 6.07) is 10.5. The van der Waals surface area contributed by atoms with Crippen LogP contribution in [0.5, 0.6) is 0 Å². The Labute approximate surface area is 207 Å². The molecule has 2 rings (SSSR count). The number of nitrogens with zero attached hydrogens (tertiary/aromatic N) is 1. The Morgan fingerprint density at radius 3 is 2.52 bits per heavy atom. The predicted molar refractivity (Wildman–Crippen MR) is 141 cm³/mol. The highest BCUT2D eigenvalue weighted by Crippen LogP contribution is 2.42. The summed E-state index contributed by atoms with van der Waals surface area (Å²) in [6.07, 6.45) is 6.91. The summed E-state index contributed by atoms with van der Waals surface area (Å²) in [7, 11) is 1.41. The summed E-state index contributed by atoms with van der Waals surface area (Å²) >= 11 is 1.98. The molecule has 0 amide bonds. The zero-order chi connectivity index (χ0) is 24.2. The Kier molecular flexibility index (Phi) is 12.5. The molecular weight excluding hydrogens is 450 g/mol. The monoisotopic (exact) mass is 495 g/mol. The Morgan fingerprint density at radius 2 is 1.82 bits per heavy atom. The van der Waals surface area contributed by atoms with Crippen molar-refractivity contribution < 1.29 is 18.4 Å². The molecule has 1 heterocycles. The summed E-state index contributed by atoms with van der Waals surface area (Å²) in [4.78, 5) is 14.7. The first-order valence-electron chi connectivity index (χ1n) is 12.4. The van der Waals surface area contributed by atoms with Crippen molar-refractivity contribution in [3.05, 3.63) is 35.9 Å². The number of rotatable bonds is 15. The van der Waals surface area contributed by atoms with Crippen LogP contribution in [0.25, 0.3) is 0 Å². The molecule has 1 aliphatic rings. The first-order chi connectivity index (χ1) is 15.8. The number of carbonyl (C=O) groups is 1. The number of hydrogen-bond donors (Lipinski definition) is 0. The van der Waals surface area contributed by atoms with Crippen molar-refractivity contribution >= 4 is 26.3 Å². The van der Waals surface area contributed by atoms with Crippen LogP contribution in [0.2, 0.25) is 11.6 Å². The van der Waals surface area contributed by atoms with E-state index in [1.807, 2.05) is 17.8 Å². The summed E-state index contributed by atoms with van der Waals surface area (Å²) in [5.41, 5.74) is 1.32. The van der Waals surface area contributed by atoms with Crippen LogP contribution in [-0.4, -0.2) is 64.3 Å². The molecule has 5 nitrogen and oxygen atoms in total. The number of benzene rings is 1. The van der Waals surface area contributed by atoms with E-state index in [0.29, 0.717) is 6.42 Å². The summed E-state index contributed by atoms with van der Waals surface area (Å²) in [5.74, 6) is 2.22. The van der Waals surface area contributed by atoms with Gasteiger partial charge in [-0.1, -0.05) is 44.2 Å². The first kappa shape index (κ1) is 28.4. The number of likely N-dealkylation sites (tertiary alicyclic amines) is 1. The Balaban J connectivity index is 1.53. The molecule has 1 aliphatic heterocycles. The number of ether oxygens (including phenoxy) is 1. The molecule has 0 radical (unpaired) electrons. The lowest BCUT2D eigenvalue weighted by molar-refractivity contribution is -0.151. The zero-order valence-electron chi connectivity index (χ0n) is 21.4. The molecule has 0 aliphatic carbocycles. The third-order valence-corrected chi connectivity index (χ3v) is 12.4. The molecule has 1 aromatic rings. The largest absolute Gasteiger partial charge is 0.461 e. The number of esters is 1. The third-order valence-electron chi connectivity index (χ3n) is 7.03. The quantitative estimate of drug-likeness (QED) is 0.168. The van der Waals surface area contributed by atoms with Gasteiger partial charge in [0.1, 0.15) is 6.10 Å². The van der Waals surface area contributed by atoms with Crippen molar-refractivity contribution in [1.82, 2.24) is 4.90 Å². The average molecular weight is 496 g/mol. The lowest BCUT2D eigenvalue weighted by Gasteiger charge is -2.38. The molecule has 1 fully saturated rings. The van der Waals surface area contributed by atoms with Crippen molar-refractivity contribution in [3.63, 3.8) is 0 Å². The average Bonchev–Trinajstić information content (AvgIpc) is 2.81. The molecule has 0 saturated carbocycles. The molecule has 0 bridgehead atoms. The molecule has 1 unspecified atom stereocenters.